The standard InChI is InChI=1S/C19H15ClFN3O2S/c1-2-11-3-6-13(7-4-11)24-18(26)14(17(25)23-19(24)27)10-22-12-5-8-16(21)15(20)9-12/h3-10,14H,2H2,1H3,(H,23,25,27)/t14-/m0/s1. The highest BCUT2D eigenvalue weighted by Crippen LogP contribution is 2.24. The molecule has 5 nitrogen and oxygen atoms in total. The highest BCUT2D eigenvalue weighted by Gasteiger charge is 2.38. The Hall–Kier alpha value is -2.64. The van der Waals surface area contributed by atoms with Crippen LogP contribution in [0.4, 0.5) is 15.8 Å². The minimum Gasteiger partial charge on any atom is -0.301 e. The topological polar surface area (TPSA) is 61.8 Å². The smallest absolute Gasteiger partial charge is 0.251 e. The van der Waals surface area contributed by atoms with E-state index in [2.05, 4.69) is 10.3 Å². The number of benzene rings is 2. The van der Waals surface area contributed by atoms with Gasteiger partial charge < -0.3 is 5.32 Å². The van der Waals surface area contributed by atoms with Crippen LogP contribution in [-0.2, 0) is 16.0 Å². The summed E-state index contributed by atoms with van der Waals surface area (Å²) in [6.07, 6.45) is 2.07. The molecule has 1 aliphatic heterocycles. The van der Waals surface area contributed by atoms with Crippen molar-refractivity contribution in [3.05, 3.63) is 58.9 Å². The number of hydrogen-bond donors (Lipinski definition) is 1. The van der Waals surface area contributed by atoms with Crippen LogP contribution in [0, 0.1) is 11.7 Å². The molecule has 0 radical (unpaired) electrons. The van der Waals surface area contributed by atoms with Gasteiger partial charge in [-0.25, -0.2) is 4.39 Å². The Morgan fingerprint density at radius 3 is 2.59 bits per heavy atom. The average Bonchev–Trinajstić information content (AvgIpc) is 2.64. The van der Waals surface area contributed by atoms with Gasteiger partial charge in [0.15, 0.2) is 11.0 Å². The first-order valence-electron chi connectivity index (χ1n) is 8.17. The molecule has 3 rings (SSSR count). The highest BCUT2D eigenvalue weighted by molar-refractivity contribution is 7.80. The third-order valence-electron chi connectivity index (χ3n) is 4.08. The maximum absolute atomic E-state index is 13.2. The van der Waals surface area contributed by atoms with Crippen LogP contribution in [0.1, 0.15) is 12.5 Å². The molecule has 2 amide bonds. The van der Waals surface area contributed by atoms with Crippen molar-refractivity contribution in [2.75, 3.05) is 4.90 Å². The molecule has 27 heavy (non-hydrogen) atoms. The number of rotatable bonds is 4. The van der Waals surface area contributed by atoms with Crippen molar-refractivity contribution in [3.8, 4) is 0 Å². The molecule has 2 aromatic rings. The fourth-order valence-corrected chi connectivity index (χ4v) is 3.04. The first-order valence-corrected chi connectivity index (χ1v) is 8.96. The summed E-state index contributed by atoms with van der Waals surface area (Å²) >= 11 is 10.9. The first-order chi connectivity index (χ1) is 12.9. The number of amides is 2. The van der Waals surface area contributed by atoms with Crippen LogP contribution >= 0.6 is 23.8 Å². The van der Waals surface area contributed by atoms with Gasteiger partial charge in [0.1, 0.15) is 5.82 Å². The van der Waals surface area contributed by atoms with Gasteiger partial charge in [-0.05, 0) is 54.5 Å². The molecule has 0 saturated carbocycles. The average molecular weight is 404 g/mol. The van der Waals surface area contributed by atoms with Crippen LogP contribution in [0.2, 0.25) is 5.02 Å². The second-order valence-corrected chi connectivity index (χ2v) is 6.64. The number of anilines is 1. The molecule has 1 fully saturated rings. The van der Waals surface area contributed by atoms with Crippen LogP contribution in [0.15, 0.2) is 47.5 Å². The zero-order valence-corrected chi connectivity index (χ0v) is 15.9. The summed E-state index contributed by atoms with van der Waals surface area (Å²) in [6.45, 7) is 2.03. The summed E-state index contributed by atoms with van der Waals surface area (Å²) in [6, 6.07) is 11.2. The van der Waals surface area contributed by atoms with Gasteiger partial charge in [0.05, 0.1) is 16.4 Å². The van der Waals surface area contributed by atoms with Crippen LogP contribution in [0.5, 0.6) is 0 Å². The third-order valence-corrected chi connectivity index (χ3v) is 4.66. The lowest BCUT2D eigenvalue weighted by molar-refractivity contribution is -0.130. The van der Waals surface area contributed by atoms with E-state index in [0.717, 1.165) is 18.1 Å². The van der Waals surface area contributed by atoms with Crippen molar-refractivity contribution in [1.82, 2.24) is 5.32 Å². The lowest BCUT2D eigenvalue weighted by atomic mass is 10.1. The molecule has 0 aliphatic carbocycles. The zero-order valence-electron chi connectivity index (χ0n) is 14.3. The van der Waals surface area contributed by atoms with Crippen molar-refractivity contribution < 1.29 is 14.0 Å². The molecule has 8 heteroatoms. The summed E-state index contributed by atoms with van der Waals surface area (Å²) in [5, 5.41) is 2.44. The Balaban J connectivity index is 1.87. The van der Waals surface area contributed by atoms with Crippen LogP contribution in [-0.4, -0.2) is 23.1 Å². The Morgan fingerprint density at radius 2 is 1.96 bits per heavy atom. The molecule has 1 saturated heterocycles. The van der Waals surface area contributed by atoms with Gasteiger partial charge in [-0.1, -0.05) is 30.7 Å². The van der Waals surface area contributed by atoms with Gasteiger partial charge in [-0.3, -0.25) is 19.5 Å². The lowest BCUT2D eigenvalue weighted by Crippen LogP contribution is -2.58. The van der Waals surface area contributed by atoms with Crippen molar-refractivity contribution in [2.24, 2.45) is 10.9 Å². The molecule has 2 aromatic carbocycles. The minimum atomic E-state index is -1.16. The van der Waals surface area contributed by atoms with Gasteiger partial charge in [0.25, 0.3) is 5.91 Å². The molecule has 0 aromatic heterocycles. The lowest BCUT2D eigenvalue weighted by Gasteiger charge is -2.31. The number of thiocarbonyl (C=S) groups is 1. The highest BCUT2D eigenvalue weighted by atomic mass is 35.5. The van der Waals surface area contributed by atoms with Gasteiger partial charge >= 0.3 is 0 Å². The molecular weight excluding hydrogens is 389 g/mol. The maximum Gasteiger partial charge on any atom is 0.251 e. The van der Waals surface area contributed by atoms with E-state index in [-0.39, 0.29) is 10.1 Å². The molecule has 138 valence electrons. The van der Waals surface area contributed by atoms with Gasteiger partial charge in [-0.15, -0.1) is 0 Å². The van der Waals surface area contributed by atoms with E-state index >= 15 is 0 Å². The van der Waals surface area contributed by atoms with E-state index in [1.54, 1.807) is 12.1 Å². The van der Waals surface area contributed by atoms with Crippen molar-refractivity contribution in [2.45, 2.75) is 13.3 Å². The number of halogens is 2. The van der Waals surface area contributed by atoms with Crippen molar-refractivity contribution in [3.63, 3.8) is 0 Å². The van der Waals surface area contributed by atoms with Gasteiger partial charge in [-0.2, -0.15) is 0 Å². The van der Waals surface area contributed by atoms with Crippen LogP contribution < -0.4 is 10.2 Å². The van der Waals surface area contributed by atoms with Gasteiger partial charge in [0, 0.05) is 6.21 Å². The third kappa shape index (κ3) is 4.04. The van der Waals surface area contributed by atoms with Crippen molar-refractivity contribution in [1.29, 1.82) is 0 Å². The Kier molecular flexibility index (Phi) is 5.62. The number of carbonyl (C=O) groups is 2. The molecule has 0 bridgehead atoms. The molecular formula is C19H15ClFN3O2S. The summed E-state index contributed by atoms with van der Waals surface area (Å²) in [7, 11) is 0. The van der Waals surface area contributed by atoms with E-state index in [0.29, 0.717) is 11.4 Å². The zero-order chi connectivity index (χ0) is 19.6. The van der Waals surface area contributed by atoms with E-state index < -0.39 is 23.5 Å². The summed E-state index contributed by atoms with van der Waals surface area (Å²) in [5.41, 5.74) is 2.00. The maximum atomic E-state index is 13.2. The van der Waals surface area contributed by atoms with Crippen molar-refractivity contribution >= 4 is 58.3 Å². The quantitative estimate of drug-likeness (QED) is 0.479. The predicted octanol–water partition coefficient (Wildman–Crippen LogP) is 3.81. The normalized spacial score (nSPS) is 17.5. The van der Waals surface area contributed by atoms with Gasteiger partial charge in [0.2, 0.25) is 5.91 Å². The summed E-state index contributed by atoms with van der Waals surface area (Å²) in [4.78, 5) is 30.4. The van der Waals surface area contributed by atoms with Crippen LogP contribution in [0.25, 0.3) is 0 Å². The number of aryl methyl sites for hydroxylation is 1. The summed E-state index contributed by atoms with van der Waals surface area (Å²) < 4.78 is 13.2. The monoisotopic (exact) mass is 403 g/mol. The van der Waals surface area contributed by atoms with E-state index in [1.807, 2.05) is 19.1 Å². The van der Waals surface area contributed by atoms with E-state index in [4.69, 9.17) is 23.8 Å². The molecule has 1 atom stereocenters. The molecule has 1 aliphatic rings. The number of nitrogens with one attached hydrogen (secondary N) is 1. The van der Waals surface area contributed by atoms with E-state index in [1.165, 1.54) is 23.2 Å². The Labute approximate surface area is 165 Å². The minimum absolute atomic E-state index is 0.0173. The Morgan fingerprint density at radius 1 is 1.26 bits per heavy atom. The first kappa shape index (κ1) is 19.1. The summed E-state index contributed by atoms with van der Waals surface area (Å²) in [5.74, 6) is -2.81. The molecule has 0 spiro atoms. The predicted molar refractivity (Wildman–Crippen MR) is 107 cm³/mol. The molecule has 1 N–H and O–H groups in total. The molecule has 0 unspecified atom stereocenters. The van der Waals surface area contributed by atoms with Crippen LogP contribution in [0.3, 0.4) is 0 Å². The second-order valence-electron chi connectivity index (χ2n) is 5.84. The van der Waals surface area contributed by atoms with E-state index in [9.17, 15) is 14.0 Å². The Bertz CT molecular complexity index is 946. The fraction of sp³-hybridized carbons (Fsp3) is 0.158. The SMILES string of the molecule is CCc1ccc(N2C(=O)[C@@H](C=Nc3ccc(F)c(Cl)c3)C(=O)NC2=S)cc1. The molecule has 1 heterocycles. The fourth-order valence-electron chi connectivity index (χ4n) is 2.57. The largest absolute Gasteiger partial charge is 0.301 e. The number of carbonyl (C=O) groups excluding carboxylic acids is 2. The number of nitrogens with zero attached hydrogens (tertiary/aromatic N) is 2. The number of aliphatic imine (C=N–C) groups is 1. The number of hydrogen-bond acceptors (Lipinski definition) is 4. The second kappa shape index (κ2) is 7.94.